The number of alkyl halides is 1. The van der Waals surface area contributed by atoms with Gasteiger partial charge in [0.2, 0.25) is 10.0 Å². The molecule has 3 nitrogen and oxygen atoms in total. The Morgan fingerprint density at radius 1 is 1.32 bits per heavy atom. The van der Waals surface area contributed by atoms with Gasteiger partial charge in [-0.2, -0.15) is 0 Å². The molecule has 0 spiro atoms. The molecule has 1 aliphatic carbocycles. The van der Waals surface area contributed by atoms with E-state index in [9.17, 15) is 8.42 Å². The van der Waals surface area contributed by atoms with Crippen molar-refractivity contribution in [3.8, 4) is 0 Å². The van der Waals surface area contributed by atoms with Crippen molar-refractivity contribution >= 4 is 21.6 Å². The monoisotopic (exact) mass is 301 g/mol. The van der Waals surface area contributed by atoms with Gasteiger partial charge in [-0.05, 0) is 49.8 Å². The molecule has 1 aromatic carbocycles. The van der Waals surface area contributed by atoms with Gasteiger partial charge in [0.25, 0.3) is 0 Å². The average molecular weight is 302 g/mol. The number of benzene rings is 1. The summed E-state index contributed by atoms with van der Waals surface area (Å²) < 4.78 is 26.6. The molecule has 19 heavy (non-hydrogen) atoms. The van der Waals surface area contributed by atoms with Gasteiger partial charge in [-0.3, -0.25) is 0 Å². The number of rotatable bonds is 4. The lowest BCUT2D eigenvalue weighted by Crippen LogP contribution is -2.38. The van der Waals surface area contributed by atoms with E-state index in [-0.39, 0.29) is 5.38 Å². The van der Waals surface area contributed by atoms with Crippen LogP contribution in [0.4, 0.5) is 0 Å². The summed E-state index contributed by atoms with van der Waals surface area (Å²) in [6.07, 6.45) is 1.82. The number of hydrogen-bond acceptors (Lipinski definition) is 2. The van der Waals surface area contributed by atoms with Gasteiger partial charge < -0.3 is 0 Å². The van der Waals surface area contributed by atoms with Crippen molar-refractivity contribution in [1.29, 1.82) is 0 Å². The van der Waals surface area contributed by atoms with Crippen LogP contribution < -0.4 is 0 Å². The largest absolute Gasteiger partial charge is 0.243 e. The van der Waals surface area contributed by atoms with Crippen molar-refractivity contribution in [3.05, 3.63) is 29.3 Å². The lowest BCUT2D eigenvalue weighted by atomic mass is 9.85. The fourth-order valence-corrected chi connectivity index (χ4v) is 4.47. The van der Waals surface area contributed by atoms with Crippen LogP contribution in [0.3, 0.4) is 0 Å². The van der Waals surface area contributed by atoms with Crippen LogP contribution in [0.2, 0.25) is 0 Å². The molecule has 0 N–H and O–H groups in total. The Labute approximate surface area is 120 Å². The maximum atomic E-state index is 12.6. The van der Waals surface area contributed by atoms with E-state index in [0.717, 1.165) is 24.0 Å². The van der Waals surface area contributed by atoms with Crippen molar-refractivity contribution in [2.75, 3.05) is 13.6 Å². The third-order valence-electron chi connectivity index (χ3n) is 3.73. The van der Waals surface area contributed by atoms with Crippen LogP contribution in [0.25, 0.3) is 0 Å². The molecule has 1 saturated carbocycles. The van der Waals surface area contributed by atoms with Gasteiger partial charge in [-0.1, -0.05) is 12.1 Å². The Morgan fingerprint density at radius 3 is 2.53 bits per heavy atom. The Hall–Kier alpha value is -0.580. The molecule has 0 bridgehead atoms. The van der Waals surface area contributed by atoms with Crippen LogP contribution >= 0.6 is 11.6 Å². The van der Waals surface area contributed by atoms with Crippen LogP contribution in [0.5, 0.6) is 0 Å². The van der Waals surface area contributed by atoms with Gasteiger partial charge in [0.1, 0.15) is 0 Å². The fourth-order valence-electron chi connectivity index (χ4n) is 2.42. The lowest BCUT2D eigenvalue weighted by Gasteiger charge is -2.33. The highest BCUT2D eigenvalue weighted by atomic mass is 35.5. The summed E-state index contributed by atoms with van der Waals surface area (Å²) in [7, 11) is -1.74. The molecule has 1 aromatic rings. The Balaban J connectivity index is 2.19. The second-order valence-corrected chi connectivity index (χ2v) is 8.12. The van der Waals surface area contributed by atoms with Gasteiger partial charge in [0.05, 0.1) is 4.90 Å². The fraction of sp³-hybridized carbons (Fsp3) is 0.571. The van der Waals surface area contributed by atoms with Crippen LogP contribution in [0.15, 0.2) is 23.1 Å². The highest BCUT2D eigenvalue weighted by molar-refractivity contribution is 7.89. The SMILES string of the molecule is Cc1ccc(C)c(S(=O)(=O)N(C)CC2CC(Cl)C2)c1. The number of nitrogens with zero attached hydrogens (tertiary/aromatic N) is 1. The van der Waals surface area contributed by atoms with Crippen molar-refractivity contribution in [3.63, 3.8) is 0 Å². The van der Waals surface area contributed by atoms with E-state index < -0.39 is 10.0 Å². The zero-order chi connectivity index (χ0) is 14.2. The second-order valence-electron chi connectivity index (χ2n) is 5.49. The van der Waals surface area contributed by atoms with Gasteiger partial charge in [-0.15, -0.1) is 11.6 Å². The number of aryl methyl sites for hydroxylation is 2. The third-order valence-corrected chi connectivity index (χ3v) is 6.05. The molecular weight excluding hydrogens is 282 g/mol. The Morgan fingerprint density at radius 2 is 1.95 bits per heavy atom. The maximum absolute atomic E-state index is 12.6. The zero-order valence-electron chi connectivity index (χ0n) is 11.6. The molecule has 0 amide bonds. The summed E-state index contributed by atoms with van der Waals surface area (Å²) >= 11 is 5.94. The summed E-state index contributed by atoms with van der Waals surface area (Å²) in [6, 6.07) is 5.53. The summed E-state index contributed by atoms with van der Waals surface area (Å²) in [4.78, 5) is 0.414. The average Bonchev–Trinajstić information content (AvgIpc) is 2.30. The smallest absolute Gasteiger partial charge is 0.207 e. The standard InChI is InChI=1S/C14H20ClNO2S/c1-10-4-5-11(2)14(6-10)19(17,18)16(3)9-12-7-13(15)8-12/h4-6,12-13H,7-9H2,1-3H3. The normalized spacial score (nSPS) is 23.4. The molecule has 0 unspecified atom stereocenters. The van der Waals surface area contributed by atoms with Crippen LogP contribution in [0.1, 0.15) is 24.0 Å². The molecule has 1 aliphatic rings. The molecule has 5 heteroatoms. The first kappa shape index (κ1) is 14.8. The van der Waals surface area contributed by atoms with Crippen molar-refractivity contribution in [2.24, 2.45) is 5.92 Å². The van der Waals surface area contributed by atoms with E-state index in [4.69, 9.17) is 11.6 Å². The molecule has 0 heterocycles. The van der Waals surface area contributed by atoms with Crippen LogP contribution in [-0.4, -0.2) is 31.7 Å². The molecule has 2 rings (SSSR count). The Kier molecular flexibility index (Phi) is 4.23. The van der Waals surface area contributed by atoms with E-state index >= 15 is 0 Å². The van der Waals surface area contributed by atoms with E-state index in [2.05, 4.69) is 0 Å². The maximum Gasteiger partial charge on any atom is 0.243 e. The molecule has 0 atom stereocenters. The van der Waals surface area contributed by atoms with Gasteiger partial charge in [0.15, 0.2) is 0 Å². The molecule has 0 aromatic heterocycles. The topological polar surface area (TPSA) is 37.4 Å². The quantitative estimate of drug-likeness (QED) is 0.802. The lowest BCUT2D eigenvalue weighted by molar-refractivity contribution is 0.268. The second kappa shape index (κ2) is 5.43. The molecule has 1 fully saturated rings. The number of halogens is 1. The van der Waals surface area contributed by atoms with E-state index in [1.165, 1.54) is 4.31 Å². The predicted octanol–water partition coefficient (Wildman–Crippen LogP) is 2.94. The summed E-state index contributed by atoms with van der Waals surface area (Å²) in [6.45, 7) is 4.29. The van der Waals surface area contributed by atoms with Crippen molar-refractivity contribution in [1.82, 2.24) is 4.31 Å². The van der Waals surface area contributed by atoms with E-state index in [0.29, 0.717) is 17.4 Å². The van der Waals surface area contributed by atoms with Gasteiger partial charge >= 0.3 is 0 Å². The molecule has 0 saturated heterocycles. The van der Waals surface area contributed by atoms with Gasteiger partial charge in [0, 0.05) is 19.0 Å². The Bertz CT molecular complexity index is 565. The van der Waals surface area contributed by atoms with Crippen LogP contribution in [-0.2, 0) is 10.0 Å². The first-order chi connectivity index (χ1) is 8.80. The number of hydrogen-bond donors (Lipinski definition) is 0. The molecule has 0 radical (unpaired) electrons. The summed E-state index contributed by atoms with van der Waals surface area (Å²) in [5.74, 6) is 0.396. The van der Waals surface area contributed by atoms with Crippen molar-refractivity contribution < 1.29 is 8.42 Å². The molecular formula is C14H20ClNO2S. The first-order valence-corrected chi connectivity index (χ1v) is 8.36. The predicted molar refractivity (Wildman–Crippen MR) is 78.1 cm³/mol. The van der Waals surface area contributed by atoms with Crippen LogP contribution in [0, 0.1) is 19.8 Å². The minimum Gasteiger partial charge on any atom is -0.207 e. The van der Waals surface area contributed by atoms with Gasteiger partial charge in [-0.25, -0.2) is 12.7 Å². The third kappa shape index (κ3) is 3.12. The molecule has 0 aliphatic heterocycles. The molecule has 106 valence electrons. The van der Waals surface area contributed by atoms with E-state index in [1.54, 1.807) is 13.1 Å². The minimum atomic E-state index is -3.39. The highest BCUT2D eigenvalue weighted by Gasteiger charge is 2.32. The summed E-state index contributed by atoms with van der Waals surface area (Å²) in [5, 5.41) is 0.224. The number of sulfonamides is 1. The first-order valence-electron chi connectivity index (χ1n) is 6.48. The summed E-state index contributed by atoms with van der Waals surface area (Å²) in [5.41, 5.74) is 1.75. The van der Waals surface area contributed by atoms with Crippen molar-refractivity contribution in [2.45, 2.75) is 37.0 Å². The zero-order valence-corrected chi connectivity index (χ0v) is 13.1. The minimum absolute atomic E-state index is 0.224. The highest BCUT2D eigenvalue weighted by Crippen LogP contribution is 2.33. The van der Waals surface area contributed by atoms with E-state index in [1.807, 2.05) is 26.0 Å².